The summed E-state index contributed by atoms with van der Waals surface area (Å²) in [5, 5.41) is 25.8. The molecule has 3 saturated carbocycles. The van der Waals surface area contributed by atoms with Crippen molar-refractivity contribution in [3.05, 3.63) is 46.8 Å². The normalized spacial score (nSPS) is 39.9. The lowest BCUT2D eigenvalue weighted by atomic mass is 9.59. The summed E-state index contributed by atoms with van der Waals surface area (Å²) in [4.78, 5) is 20.3. The van der Waals surface area contributed by atoms with Crippen LogP contribution < -0.4 is 5.32 Å². The Balaban J connectivity index is 1.04. The van der Waals surface area contributed by atoms with Crippen molar-refractivity contribution < 1.29 is 19.4 Å². The second-order valence-electron chi connectivity index (χ2n) is 12.8. The molecule has 9 heteroatoms. The number of fused-ring (bicyclic) bond motifs is 1. The second kappa shape index (κ2) is 9.04. The maximum atomic E-state index is 13.5. The Kier molecular flexibility index (Phi) is 5.91. The van der Waals surface area contributed by atoms with Crippen LogP contribution in [0.25, 0.3) is 0 Å². The van der Waals surface area contributed by atoms with E-state index >= 15 is 0 Å². The van der Waals surface area contributed by atoms with Gasteiger partial charge in [0, 0.05) is 50.1 Å². The quantitative estimate of drug-likeness (QED) is 0.504. The van der Waals surface area contributed by atoms with Gasteiger partial charge < -0.3 is 25.0 Å². The number of benzene rings is 1. The van der Waals surface area contributed by atoms with Gasteiger partial charge in [-0.2, -0.15) is 0 Å². The number of piperidine rings is 3. The highest BCUT2D eigenvalue weighted by molar-refractivity contribution is 6.31. The van der Waals surface area contributed by atoms with E-state index in [1.54, 1.807) is 17.9 Å². The Bertz CT molecular complexity index is 1350. The van der Waals surface area contributed by atoms with Crippen molar-refractivity contribution in [1.82, 2.24) is 14.5 Å². The predicted octanol–water partition coefficient (Wildman–Crippen LogP) is 3.81. The number of aryl methyl sites for hydroxylation is 1. The van der Waals surface area contributed by atoms with Gasteiger partial charge in [-0.3, -0.25) is 4.79 Å². The standard InChI is InChI=1S/C30H34ClFN4O3/c1-35-16-33-26(27(35)28(37)34-23-2-3-25(32)24(31)10-23)18-8-19-11-29(38,12-20(19)9-18)4-5-30(39)21-6-17-7-22(30)15-36(13-17)14-21/h2-3,10,16-22,38-39H,6-9,11-15H2,1H3,(H,34,37). The van der Waals surface area contributed by atoms with Gasteiger partial charge in [-0.1, -0.05) is 23.4 Å². The molecule has 0 spiro atoms. The molecule has 8 rings (SSSR count). The van der Waals surface area contributed by atoms with Crippen molar-refractivity contribution in [2.45, 2.75) is 55.6 Å². The van der Waals surface area contributed by atoms with Crippen molar-refractivity contribution in [3.63, 3.8) is 0 Å². The molecule has 4 bridgehead atoms. The third-order valence-electron chi connectivity index (χ3n) is 10.2. The Morgan fingerprint density at radius 1 is 1.10 bits per heavy atom. The Morgan fingerprint density at radius 3 is 2.44 bits per heavy atom. The lowest BCUT2D eigenvalue weighted by Gasteiger charge is -2.58. The van der Waals surface area contributed by atoms with Gasteiger partial charge in [0.25, 0.3) is 5.91 Å². The molecule has 3 aliphatic carbocycles. The van der Waals surface area contributed by atoms with Gasteiger partial charge in [0.1, 0.15) is 22.7 Å². The van der Waals surface area contributed by atoms with E-state index < -0.39 is 17.0 Å². The summed E-state index contributed by atoms with van der Waals surface area (Å²) >= 11 is 5.88. The van der Waals surface area contributed by atoms with Crippen LogP contribution in [0.2, 0.25) is 5.02 Å². The van der Waals surface area contributed by atoms with E-state index in [1.807, 2.05) is 0 Å². The summed E-state index contributed by atoms with van der Waals surface area (Å²) in [7, 11) is 1.79. The minimum atomic E-state index is -1.07. The van der Waals surface area contributed by atoms with Gasteiger partial charge in [-0.15, -0.1) is 0 Å². The Hall–Kier alpha value is -2.44. The first-order valence-corrected chi connectivity index (χ1v) is 14.5. The van der Waals surface area contributed by atoms with Crippen LogP contribution in [-0.2, 0) is 7.05 Å². The molecule has 4 unspecified atom stereocenters. The van der Waals surface area contributed by atoms with Crippen LogP contribution in [0.3, 0.4) is 0 Å². The molecule has 1 aromatic carbocycles. The zero-order valence-corrected chi connectivity index (χ0v) is 22.8. The van der Waals surface area contributed by atoms with Crippen molar-refractivity contribution in [3.8, 4) is 11.8 Å². The van der Waals surface area contributed by atoms with Crippen LogP contribution in [0.4, 0.5) is 10.1 Å². The number of carbonyl (C=O) groups is 1. The summed E-state index contributed by atoms with van der Waals surface area (Å²) in [6, 6.07) is 4.10. The van der Waals surface area contributed by atoms with Crippen LogP contribution in [-0.4, -0.2) is 61.4 Å². The highest BCUT2D eigenvalue weighted by Crippen LogP contribution is 2.54. The molecule has 4 heterocycles. The van der Waals surface area contributed by atoms with E-state index in [1.165, 1.54) is 18.2 Å². The van der Waals surface area contributed by atoms with E-state index in [0.717, 1.165) is 51.0 Å². The van der Waals surface area contributed by atoms with Gasteiger partial charge in [0.2, 0.25) is 0 Å². The molecule has 1 amide bonds. The van der Waals surface area contributed by atoms with Gasteiger partial charge in [-0.05, 0) is 74.5 Å². The fraction of sp³-hybridized carbons (Fsp3) is 0.600. The molecule has 6 aliphatic rings. The van der Waals surface area contributed by atoms with E-state index in [0.29, 0.717) is 42.0 Å². The first kappa shape index (κ1) is 25.5. The monoisotopic (exact) mass is 552 g/mol. The number of imidazole rings is 1. The number of carbonyl (C=O) groups excluding carboxylic acids is 1. The molecule has 0 radical (unpaired) electrons. The minimum absolute atomic E-state index is 0.0505. The highest BCUT2D eigenvalue weighted by atomic mass is 35.5. The maximum Gasteiger partial charge on any atom is 0.274 e. The lowest BCUT2D eigenvalue weighted by Crippen LogP contribution is -2.66. The van der Waals surface area contributed by atoms with Crippen LogP contribution >= 0.6 is 11.6 Å². The third kappa shape index (κ3) is 4.30. The minimum Gasteiger partial charge on any atom is -0.378 e. The average molecular weight is 553 g/mol. The number of anilines is 1. The van der Waals surface area contributed by atoms with Crippen LogP contribution in [0.15, 0.2) is 24.5 Å². The van der Waals surface area contributed by atoms with Crippen LogP contribution in [0, 0.1) is 47.2 Å². The number of hydrogen-bond donors (Lipinski definition) is 3. The van der Waals surface area contributed by atoms with Crippen molar-refractivity contribution in [2.75, 3.05) is 25.0 Å². The number of aromatic nitrogens is 2. The molecule has 2 aromatic rings. The number of aliphatic hydroxyl groups is 2. The molecule has 7 nitrogen and oxygen atoms in total. The summed E-state index contributed by atoms with van der Waals surface area (Å²) < 4.78 is 15.3. The molecule has 3 saturated heterocycles. The number of hydrogen-bond acceptors (Lipinski definition) is 5. The molecule has 3 N–H and O–H groups in total. The van der Waals surface area contributed by atoms with E-state index in [2.05, 4.69) is 27.0 Å². The maximum absolute atomic E-state index is 13.5. The number of amides is 1. The zero-order valence-electron chi connectivity index (χ0n) is 22.0. The van der Waals surface area contributed by atoms with Crippen LogP contribution in [0.1, 0.15) is 60.6 Å². The summed E-state index contributed by atoms with van der Waals surface area (Å²) in [6.07, 6.45) is 6.57. The predicted molar refractivity (Wildman–Crippen MR) is 145 cm³/mol. The molecular formula is C30H34ClFN4O3. The number of nitrogens with one attached hydrogen (secondary N) is 1. The lowest BCUT2D eigenvalue weighted by molar-refractivity contribution is -0.150. The molecule has 206 valence electrons. The fourth-order valence-electron chi connectivity index (χ4n) is 8.58. The summed E-state index contributed by atoms with van der Waals surface area (Å²) in [6.45, 7) is 2.99. The SMILES string of the molecule is Cn1cnc(C2CC3CC(O)(C#CC4(O)C5CC6CC4CN(C6)C5)CC3C2)c1C(=O)Nc1ccc(F)c(Cl)c1. The molecule has 1 aromatic heterocycles. The Morgan fingerprint density at radius 2 is 1.79 bits per heavy atom. The third-order valence-corrected chi connectivity index (χ3v) is 10.5. The van der Waals surface area contributed by atoms with Gasteiger partial charge in [0.05, 0.1) is 17.0 Å². The first-order chi connectivity index (χ1) is 18.6. The van der Waals surface area contributed by atoms with Crippen LogP contribution in [0.5, 0.6) is 0 Å². The topological polar surface area (TPSA) is 90.6 Å². The van der Waals surface area contributed by atoms with E-state index in [-0.39, 0.29) is 28.7 Å². The number of nitrogens with zero attached hydrogens (tertiary/aromatic N) is 3. The first-order valence-electron chi connectivity index (χ1n) is 14.1. The van der Waals surface area contributed by atoms with Crippen molar-refractivity contribution in [1.29, 1.82) is 0 Å². The molecule has 4 atom stereocenters. The molecule has 3 aliphatic heterocycles. The summed E-state index contributed by atoms with van der Waals surface area (Å²) in [5.74, 6) is 7.34. The van der Waals surface area contributed by atoms with Crippen molar-refractivity contribution >= 4 is 23.2 Å². The van der Waals surface area contributed by atoms with Gasteiger partial charge >= 0.3 is 0 Å². The number of rotatable bonds is 3. The van der Waals surface area contributed by atoms with Gasteiger partial charge in [0.15, 0.2) is 0 Å². The van der Waals surface area contributed by atoms with E-state index in [4.69, 9.17) is 11.6 Å². The fourth-order valence-corrected chi connectivity index (χ4v) is 8.76. The van der Waals surface area contributed by atoms with E-state index in [9.17, 15) is 19.4 Å². The molecule has 6 fully saturated rings. The second-order valence-corrected chi connectivity index (χ2v) is 13.2. The van der Waals surface area contributed by atoms with Crippen molar-refractivity contribution in [2.24, 2.45) is 36.6 Å². The molecule has 39 heavy (non-hydrogen) atoms. The Labute approximate surface area is 232 Å². The average Bonchev–Trinajstić information content (AvgIpc) is 3.54. The number of halogens is 2. The smallest absolute Gasteiger partial charge is 0.274 e. The molecular weight excluding hydrogens is 519 g/mol. The largest absolute Gasteiger partial charge is 0.378 e. The zero-order chi connectivity index (χ0) is 27.1. The summed E-state index contributed by atoms with van der Waals surface area (Å²) in [5.41, 5.74) is -0.394. The highest BCUT2D eigenvalue weighted by Gasteiger charge is 2.56. The van der Waals surface area contributed by atoms with Gasteiger partial charge in [-0.25, -0.2) is 9.37 Å².